The number of aryl methyl sites for hydroxylation is 2. The molecule has 154 valence electrons. The number of aromatic nitrogens is 2. The Morgan fingerprint density at radius 3 is 2.74 bits per heavy atom. The van der Waals surface area contributed by atoms with E-state index in [1.807, 2.05) is 34.2 Å². The molecule has 0 radical (unpaired) electrons. The van der Waals surface area contributed by atoms with Gasteiger partial charge in [-0.05, 0) is 53.8 Å². The maximum Gasteiger partial charge on any atom is 0.747 e. The lowest BCUT2D eigenvalue weighted by Crippen LogP contribution is -2.15. The number of rotatable bonds is 7. The fraction of sp³-hybridized carbons (Fsp3) is 0.0952. The molecule has 8 nitrogen and oxygen atoms in total. The number of thiophene rings is 1. The van der Waals surface area contributed by atoms with Crippen LogP contribution in [0.15, 0.2) is 60.0 Å². The van der Waals surface area contributed by atoms with Gasteiger partial charge in [-0.25, -0.2) is 9.51 Å². The minimum Gasteiger partial charge on any atom is -0.310 e. The zero-order valence-corrected chi connectivity index (χ0v) is 17.8. The summed E-state index contributed by atoms with van der Waals surface area (Å²) in [4.78, 5) is 26.5. The van der Waals surface area contributed by atoms with Crippen LogP contribution in [0.3, 0.4) is 0 Å². The number of hydrogen-bond acceptors (Lipinski definition) is 6. The second-order valence-electron chi connectivity index (χ2n) is 6.56. The zero-order valence-electron chi connectivity index (χ0n) is 16.1. The van der Waals surface area contributed by atoms with E-state index < -0.39 is 8.25 Å². The molecule has 1 unspecified atom stereocenters. The van der Waals surface area contributed by atoms with E-state index in [0.29, 0.717) is 40.6 Å². The van der Waals surface area contributed by atoms with Crippen LogP contribution in [0.2, 0.25) is 0 Å². The average Bonchev–Trinajstić information content (AvgIpc) is 3.40. The highest BCUT2D eigenvalue weighted by atomic mass is 32.1. The van der Waals surface area contributed by atoms with E-state index in [0.717, 1.165) is 11.1 Å². The van der Waals surface area contributed by atoms with Gasteiger partial charge in [0.05, 0.1) is 27.5 Å². The van der Waals surface area contributed by atoms with Gasteiger partial charge in [-0.1, -0.05) is 18.2 Å². The predicted octanol–water partition coefficient (Wildman–Crippen LogP) is 4.49. The van der Waals surface area contributed by atoms with Gasteiger partial charge in [-0.3, -0.25) is 10.1 Å². The standard InChI is InChI=1S/C21H15N4O4PS/c22-13-15-5-8-18-17(12-15)23-21(24-20(26)19-2-1-11-31-19)25(18)10-9-14-3-6-16(7-4-14)29-30(27)28/h1-8,11-12H,9-10H2,(H-,23,24,26,27,28)/p+1. The first-order valence-electron chi connectivity index (χ1n) is 9.22. The highest BCUT2D eigenvalue weighted by Gasteiger charge is 2.16. The molecule has 0 saturated heterocycles. The first-order chi connectivity index (χ1) is 15.0. The van der Waals surface area contributed by atoms with Crippen molar-refractivity contribution in [3.05, 3.63) is 76.0 Å². The monoisotopic (exact) mass is 451 g/mol. The van der Waals surface area contributed by atoms with Crippen molar-refractivity contribution in [1.29, 1.82) is 5.26 Å². The molecule has 0 saturated carbocycles. The van der Waals surface area contributed by atoms with Gasteiger partial charge < -0.3 is 4.57 Å². The number of amides is 1. The number of fused-ring (bicyclic) bond motifs is 1. The van der Waals surface area contributed by atoms with E-state index >= 15 is 0 Å². The quantitative estimate of drug-likeness (QED) is 0.400. The zero-order chi connectivity index (χ0) is 21.8. The van der Waals surface area contributed by atoms with Crippen LogP contribution in [0.1, 0.15) is 20.8 Å². The van der Waals surface area contributed by atoms with Crippen molar-refractivity contribution >= 4 is 42.5 Å². The van der Waals surface area contributed by atoms with Crippen molar-refractivity contribution < 1.29 is 18.8 Å². The maximum absolute atomic E-state index is 12.6. The van der Waals surface area contributed by atoms with Crippen molar-refractivity contribution in [3.8, 4) is 11.8 Å². The SMILES string of the molecule is N#Cc1ccc2c(c1)nc(NC(=O)c1cccs1)n2CCc1ccc(O[P+](=O)O)cc1. The molecule has 10 heteroatoms. The Labute approximate surface area is 182 Å². The van der Waals surface area contributed by atoms with Crippen molar-refractivity contribution in [1.82, 2.24) is 9.55 Å². The molecular weight excluding hydrogens is 435 g/mol. The number of anilines is 1. The van der Waals surface area contributed by atoms with Crippen molar-refractivity contribution in [2.75, 3.05) is 5.32 Å². The van der Waals surface area contributed by atoms with Crippen LogP contribution in [0.4, 0.5) is 5.95 Å². The predicted molar refractivity (Wildman–Crippen MR) is 117 cm³/mol. The molecular formula is C21H16N4O4PS+. The number of hydrogen-bond donors (Lipinski definition) is 2. The van der Waals surface area contributed by atoms with E-state index in [-0.39, 0.29) is 5.91 Å². The summed E-state index contributed by atoms with van der Waals surface area (Å²) >= 11 is 1.34. The number of nitrogens with zero attached hydrogens (tertiary/aromatic N) is 3. The number of carbonyl (C=O) groups excluding carboxylic acids is 1. The molecule has 31 heavy (non-hydrogen) atoms. The smallest absolute Gasteiger partial charge is 0.310 e. The largest absolute Gasteiger partial charge is 0.747 e. The van der Waals surface area contributed by atoms with Crippen LogP contribution in [0.5, 0.6) is 5.75 Å². The van der Waals surface area contributed by atoms with E-state index in [1.165, 1.54) is 11.3 Å². The summed E-state index contributed by atoms with van der Waals surface area (Å²) in [5.41, 5.74) is 2.89. The number of nitrogens with one attached hydrogen (secondary N) is 1. The Balaban J connectivity index is 1.60. The second kappa shape index (κ2) is 9.06. The Hall–Kier alpha value is -3.57. The highest BCUT2D eigenvalue weighted by Crippen LogP contribution is 2.25. The van der Waals surface area contributed by atoms with Crippen molar-refractivity contribution in [2.45, 2.75) is 13.0 Å². The molecule has 0 aliphatic heterocycles. The van der Waals surface area contributed by atoms with E-state index in [1.54, 1.807) is 30.3 Å². The Morgan fingerprint density at radius 2 is 2.06 bits per heavy atom. The molecule has 0 fully saturated rings. The average molecular weight is 451 g/mol. The molecule has 2 aromatic carbocycles. The van der Waals surface area contributed by atoms with Crippen LogP contribution in [-0.2, 0) is 17.5 Å². The minimum atomic E-state index is -2.70. The third-order valence-corrected chi connectivity index (χ3v) is 5.81. The normalized spacial score (nSPS) is 11.2. The van der Waals surface area contributed by atoms with E-state index in [2.05, 4.69) is 16.4 Å². The fourth-order valence-electron chi connectivity index (χ4n) is 3.14. The molecule has 2 N–H and O–H groups in total. The van der Waals surface area contributed by atoms with Crippen LogP contribution < -0.4 is 9.84 Å². The minimum absolute atomic E-state index is 0.244. The van der Waals surface area contributed by atoms with Crippen LogP contribution >= 0.6 is 19.6 Å². The van der Waals surface area contributed by atoms with Gasteiger partial charge in [0.2, 0.25) is 5.95 Å². The van der Waals surface area contributed by atoms with E-state index in [4.69, 9.17) is 9.42 Å². The third kappa shape index (κ3) is 4.78. The first kappa shape index (κ1) is 20.7. The number of nitriles is 1. The molecule has 1 atom stereocenters. The van der Waals surface area contributed by atoms with Crippen LogP contribution in [0.25, 0.3) is 11.0 Å². The van der Waals surface area contributed by atoms with Gasteiger partial charge in [-0.2, -0.15) is 5.26 Å². The molecule has 1 amide bonds. The molecule has 0 aliphatic carbocycles. The summed E-state index contributed by atoms with van der Waals surface area (Å²) in [5.74, 6) is 0.473. The number of carbonyl (C=O) groups is 1. The molecule has 0 spiro atoms. The van der Waals surface area contributed by atoms with Crippen molar-refractivity contribution in [2.24, 2.45) is 0 Å². The van der Waals surface area contributed by atoms with Crippen LogP contribution in [-0.4, -0.2) is 20.4 Å². The Morgan fingerprint density at radius 1 is 1.26 bits per heavy atom. The highest BCUT2D eigenvalue weighted by molar-refractivity contribution is 7.32. The van der Waals surface area contributed by atoms with Gasteiger partial charge in [-0.15, -0.1) is 16.2 Å². The van der Waals surface area contributed by atoms with Gasteiger partial charge >= 0.3 is 8.25 Å². The third-order valence-electron chi connectivity index (χ3n) is 4.58. The van der Waals surface area contributed by atoms with Crippen molar-refractivity contribution in [3.63, 3.8) is 0 Å². The van der Waals surface area contributed by atoms with Gasteiger partial charge in [0.25, 0.3) is 5.91 Å². The lowest BCUT2D eigenvalue weighted by atomic mass is 10.1. The van der Waals surface area contributed by atoms with Gasteiger partial charge in [0.1, 0.15) is 0 Å². The van der Waals surface area contributed by atoms with E-state index in [9.17, 15) is 14.6 Å². The maximum atomic E-state index is 12.6. The van der Waals surface area contributed by atoms with Crippen LogP contribution in [0, 0.1) is 11.3 Å². The fourth-order valence-corrected chi connectivity index (χ4v) is 4.06. The Bertz CT molecular complexity index is 1290. The molecule has 0 bridgehead atoms. The summed E-state index contributed by atoms with van der Waals surface area (Å²) in [6, 6.07) is 17.7. The topological polar surface area (TPSA) is 117 Å². The lowest BCUT2D eigenvalue weighted by molar-refractivity contribution is 0.102. The number of imidazole rings is 1. The summed E-state index contributed by atoms with van der Waals surface area (Å²) in [6.45, 7) is 0.525. The summed E-state index contributed by atoms with van der Waals surface area (Å²) in [6.07, 6.45) is 0.624. The summed E-state index contributed by atoms with van der Waals surface area (Å²) < 4.78 is 17.5. The Kier molecular flexibility index (Phi) is 6.05. The molecule has 4 rings (SSSR count). The second-order valence-corrected chi connectivity index (χ2v) is 8.16. The van der Waals surface area contributed by atoms with Gasteiger partial charge in [0, 0.05) is 11.1 Å². The molecule has 2 heterocycles. The van der Waals surface area contributed by atoms with Gasteiger partial charge in [0.15, 0.2) is 5.75 Å². The lowest BCUT2D eigenvalue weighted by Gasteiger charge is -2.10. The molecule has 2 aromatic heterocycles. The first-order valence-corrected chi connectivity index (χ1v) is 11.2. The molecule has 4 aromatic rings. The molecule has 0 aliphatic rings. The number of benzene rings is 2. The summed E-state index contributed by atoms with van der Waals surface area (Å²) in [7, 11) is -2.70. The summed E-state index contributed by atoms with van der Waals surface area (Å²) in [5, 5.41) is 13.9.